The zero-order chi connectivity index (χ0) is 11.5. The van der Waals surface area contributed by atoms with Crippen molar-refractivity contribution in [3.8, 4) is 11.8 Å². The van der Waals surface area contributed by atoms with Gasteiger partial charge in [0, 0.05) is 23.5 Å². The summed E-state index contributed by atoms with van der Waals surface area (Å²) in [5, 5.41) is 15.7. The van der Waals surface area contributed by atoms with Gasteiger partial charge in [-0.25, -0.2) is 4.98 Å². The van der Waals surface area contributed by atoms with Crippen molar-refractivity contribution >= 4 is 0 Å². The van der Waals surface area contributed by atoms with Crippen molar-refractivity contribution in [1.82, 2.24) is 15.2 Å². The van der Waals surface area contributed by atoms with Gasteiger partial charge in [0.1, 0.15) is 0 Å². The maximum atomic E-state index is 9.00. The number of hydrogen-bond acceptors (Lipinski definition) is 4. The van der Waals surface area contributed by atoms with Crippen LogP contribution in [-0.4, -0.2) is 20.3 Å². The Labute approximate surface area is 93.1 Å². The van der Waals surface area contributed by atoms with E-state index in [9.17, 15) is 0 Å². The molecule has 2 rings (SSSR count). The number of rotatable bonds is 3. The molecule has 0 fully saturated rings. The maximum absolute atomic E-state index is 9.00. The van der Waals surface area contributed by atoms with Crippen LogP contribution >= 0.6 is 0 Å². The highest BCUT2D eigenvalue weighted by Crippen LogP contribution is 2.19. The molecule has 0 saturated carbocycles. The SMILES string of the molecule is Cc1cc(Oc2ccc(CO)c(C)n2)n[nH]1. The molecule has 0 aromatic carbocycles. The Morgan fingerprint density at radius 1 is 1.31 bits per heavy atom. The lowest BCUT2D eigenvalue weighted by atomic mass is 10.2. The number of hydrogen-bond donors (Lipinski definition) is 2. The van der Waals surface area contributed by atoms with Gasteiger partial charge < -0.3 is 9.84 Å². The van der Waals surface area contributed by atoms with Gasteiger partial charge in [0.05, 0.1) is 6.61 Å². The first-order valence-electron chi connectivity index (χ1n) is 4.96. The number of aromatic amines is 1. The lowest BCUT2D eigenvalue weighted by Crippen LogP contribution is -1.95. The Hall–Kier alpha value is -1.88. The molecule has 0 amide bonds. The van der Waals surface area contributed by atoms with Gasteiger partial charge in [0.15, 0.2) is 0 Å². The Bertz CT molecular complexity index is 494. The molecule has 2 N–H and O–H groups in total. The highest BCUT2D eigenvalue weighted by molar-refractivity contribution is 5.27. The van der Waals surface area contributed by atoms with Gasteiger partial charge in [0.25, 0.3) is 0 Å². The number of H-pyrrole nitrogens is 1. The van der Waals surface area contributed by atoms with Crippen LogP contribution in [0.4, 0.5) is 0 Å². The van der Waals surface area contributed by atoms with Gasteiger partial charge in [-0.2, -0.15) is 0 Å². The number of nitrogens with zero attached hydrogens (tertiary/aromatic N) is 2. The van der Waals surface area contributed by atoms with Crippen molar-refractivity contribution < 1.29 is 9.84 Å². The monoisotopic (exact) mass is 219 g/mol. The van der Waals surface area contributed by atoms with Crippen LogP contribution in [0.1, 0.15) is 17.0 Å². The lowest BCUT2D eigenvalue weighted by molar-refractivity contribution is 0.280. The van der Waals surface area contributed by atoms with Crippen LogP contribution in [0.15, 0.2) is 18.2 Å². The average Bonchev–Trinajstić information content (AvgIpc) is 2.64. The molecule has 0 spiro atoms. The van der Waals surface area contributed by atoms with Crippen LogP contribution in [0.25, 0.3) is 0 Å². The quantitative estimate of drug-likeness (QED) is 0.824. The first kappa shape index (κ1) is 10.6. The number of pyridine rings is 1. The van der Waals surface area contributed by atoms with E-state index in [1.54, 1.807) is 18.2 Å². The molecular weight excluding hydrogens is 206 g/mol. The third-order valence-electron chi connectivity index (χ3n) is 2.23. The van der Waals surface area contributed by atoms with Crippen molar-refractivity contribution in [1.29, 1.82) is 0 Å². The second-order valence-corrected chi connectivity index (χ2v) is 3.54. The smallest absolute Gasteiger partial charge is 0.240 e. The molecular formula is C11H13N3O2. The zero-order valence-electron chi connectivity index (χ0n) is 9.19. The summed E-state index contributed by atoms with van der Waals surface area (Å²) in [6.07, 6.45) is 0. The van der Waals surface area contributed by atoms with Crippen LogP contribution in [0.5, 0.6) is 11.8 Å². The average molecular weight is 219 g/mol. The normalized spacial score (nSPS) is 10.4. The Balaban J connectivity index is 2.19. The molecule has 0 bridgehead atoms. The van der Waals surface area contributed by atoms with E-state index in [-0.39, 0.29) is 6.61 Å². The molecule has 2 aromatic rings. The topological polar surface area (TPSA) is 71.0 Å². The van der Waals surface area contributed by atoms with E-state index >= 15 is 0 Å². The standard InChI is InChI=1S/C11H13N3O2/c1-7-5-11(14-13-7)16-10-4-3-9(6-15)8(2)12-10/h3-5,15H,6H2,1-2H3,(H,13,14). The predicted molar refractivity (Wildman–Crippen MR) is 58.3 cm³/mol. The van der Waals surface area contributed by atoms with E-state index in [4.69, 9.17) is 9.84 Å². The number of aliphatic hydroxyl groups is 1. The minimum absolute atomic E-state index is 0.0133. The largest absolute Gasteiger partial charge is 0.419 e. The number of aromatic nitrogens is 3. The number of nitrogens with one attached hydrogen (secondary N) is 1. The fraction of sp³-hybridized carbons (Fsp3) is 0.273. The fourth-order valence-electron chi connectivity index (χ4n) is 1.34. The molecule has 0 aliphatic rings. The molecule has 5 heteroatoms. The Morgan fingerprint density at radius 2 is 2.12 bits per heavy atom. The second-order valence-electron chi connectivity index (χ2n) is 3.54. The molecule has 2 aromatic heterocycles. The third kappa shape index (κ3) is 2.20. The van der Waals surface area contributed by atoms with E-state index in [1.165, 1.54) is 0 Å². The molecule has 0 aliphatic heterocycles. The molecule has 0 atom stereocenters. The molecule has 0 unspecified atom stereocenters. The summed E-state index contributed by atoms with van der Waals surface area (Å²) in [4.78, 5) is 4.21. The van der Waals surface area contributed by atoms with Crippen LogP contribution in [-0.2, 0) is 6.61 Å². The van der Waals surface area contributed by atoms with Crippen molar-refractivity contribution in [2.75, 3.05) is 0 Å². The van der Waals surface area contributed by atoms with Crippen molar-refractivity contribution in [3.63, 3.8) is 0 Å². The highest BCUT2D eigenvalue weighted by atomic mass is 16.5. The first-order valence-corrected chi connectivity index (χ1v) is 4.96. The Kier molecular flexibility index (Phi) is 2.87. The molecule has 0 aliphatic carbocycles. The molecule has 5 nitrogen and oxygen atoms in total. The van der Waals surface area contributed by atoms with Gasteiger partial charge in [-0.15, -0.1) is 5.10 Å². The maximum Gasteiger partial charge on any atom is 0.240 e. The van der Waals surface area contributed by atoms with Crippen LogP contribution in [0.2, 0.25) is 0 Å². The fourth-order valence-corrected chi connectivity index (χ4v) is 1.34. The molecule has 84 valence electrons. The van der Waals surface area contributed by atoms with Crippen LogP contribution in [0.3, 0.4) is 0 Å². The minimum Gasteiger partial charge on any atom is -0.419 e. The molecule has 0 radical (unpaired) electrons. The summed E-state index contributed by atoms with van der Waals surface area (Å²) >= 11 is 0. The summed E-state index contributed by atoms with van der Waals surface area (Å²) in [6, 6.07) is 5.29. The van der Waals surface area contributed by atoms with Gasteiger partial charge in [0.2, 0.25) is 11.8 Å². The van der Waals surface area contributed by atoms with Gasteiger partial charge >= 0.3 is 0 Å². The van der Waals surface area contributed by atoms with Crippen LogP contribution in [0, 0.1) is 13.8 Å². The van der Waals surface area contributed by atoms with E-state index < -0.39 is 0 Å². The summed E-state index contributed by atoms with van der Waals surface area (Å²) in [6.45, 7) is 3.71. The summed E-state index contributed by atoms with van der Waals surface area (Å²) in [7, 11) is 0. The number of aryl methyl sites for hydroxylation is 2. The summed E-state index contributed by atoms with van der Waals surface area (Å²) in [5.74, 6) is 0.961. The van der Waals surface area contributed by atoms with E-state index in [0.717, 1.165) is 17.0 Å². The second kappa shape index (κ2) is 4.32. The van der Waals surface area contributed by atoms with E-state index in [2.05, 4.69) is 15.2 Å². The minimum atomic E-state index is -0.0133. The summed E-state index contributed by atoms with van der Waals surface area (Å²) in [5.41, 5.74) is 2.48. The Morgan fingerprint density at radius 3 is 2.69 bits per heavy atom. The van der Waals surface area contributed by atoms with E-state index in [0.29, 0.717) is 11.8 Å². The number of aliphatic hydroxyl groups excluding tert-OH is 1. The molecule has 16 heavy (non-hydrogen) atoms. The van der Waals surface area contributed by atoms with Crippen LogP contribution < -0.4 is 4.74 Å². The van der Waals surface area contributed by atoms with Crippen molar-refractivity contribution in [2.24, 2.45) is 0 Å². The van der Waals surface area contributed by atoms with E-state index in [1.807, 2.05) is 13.8 Å². The highest BCUT2D eigenvalue weighted by Gasteiger charge is 2.04. The van der Waals surface area contributed by atoms with Crippen molar-refractivity contribution in [2.45, 2.75) is 20.5 Å². The summed E-state index contributed by atoms with van der Waals surface area (Å²) < 4.78 is 5.44. The molecule has 2 heterocycles. The predicted octanol–water partition coefficient (Wildman–Crippen LogP) is 1.71. The van der Waals surface area contributed by atoms with Gasteiger partial charge in [-0.1, -0.05) is 0 Å². The molecule has 0 saturated heterocycles. The van der Waals surface area contributed by atoms with Gasteiger partial charge in [-0.05, 0) is 25.5 Å². The number of ether oxygens (including phenoxy) is 1. The lowest BCUT2D eigenvalue weighted by Gasteiger charge is -2.04. The van der Waals surface area contributed by atoms with Crippen molar-refractivity contribution in [3.05, 3.63) is 35.2 Å². The first-order chi connectivity index (χ1) is 7.69. The third-order valence-corrected chi connectivity index (χ3v) is 2.23. The zero-order valence-corrected chi connectivity index (χ0v) is 9.19. The van der Waals surface area contributed by atoms with Gasteiger partial charge in [-0.3, -0.25) is 5.10 Å².